The van der Waals surface area contributed by atoms with Gasteiger partial charge in [-0.2, -0.15) is 0 Å². The van der Waals surface area contributed by atoms with Crippen LogP contribution in [0.4, 0.5) is 5.69 Å². The number of halogens is 1. The lowest BCUT2D eigenvalue weighted by molar-refractivity contribution is -0.139. The Balaban J connectivity index is 2.00. The number of carbonyl (C=O) groups is 2. The second-order valence-electron chi connectivity index (χ2n) is 9.34. The third kappa shape index (κ3) is 7.83. The van der Waals surface area contributed by atoms with E-state index >= 15 is 0 Å². The van der Waals surface area contributed by atoms with Crippen LogP contribution in [-0.4, -0.2) is 50.3 Å². The molecule has 0 fully saturated rings. The minimum Gasteiger partial charge on any atom is -0.352 e. The van der Waals surface area contributed by atoms with Crippen LogP contribution in [0.15, 0.2) is 89.8 Å². The number of hydrogen-bond donors (Lipinski definition) is 1. The molecule has 0 spiro atoms. The highest BCUT2D eigenvalue weighted by atomic mass is 35.5. The number of hydrogen-bond acceptors (Lipinski definition) is 4. The van der Waals surface area contributed by atoms with Crippen molar-refractivity contribution in [2.75, 3.05) is 17.4 Å². The summed E-state index contributed by atoms with van der Waals surface area (Å²) in [6, 6.07) is 23.3. The first-order valence-corrected chi connectivity index (χ1v) is 15.0. The van der Waals surface area contributed by atoms with Crippen molar-refractivity contribution in [1.82, 2.24) is 10.2 Å². The van der Waals surface area contributed by atoms with E-state index < -0.39 is 28.5 Å². The number of nitrogens with zero attached hydrogens (tertiary/aromatic N) is 2. The van der Waals surface area contributed by atoms with E-state index in [1.807, 2.05) is 51.1 Å². The van der Waals surface area contributed by atoms with Gasteiger partial charge in [0.05, 0.1) is 15.6 Å². The van der Waals surface area contributed by atoms with Gasteiger partial charge in [0, 0.05) is 12.6 Å². The molecule has 3 aromatic carbocycles. The first kappa shape index (κ1) is 30.2. The minimum atomic E-state index is -4.15. The fourth-order valence-electron chi connectivity index (χ4n) is 4.22. The molecular formula is C30H36ClN3O4S. The van der Waals surface area contributed by atoms with Gasteiger partial charge in [0.1, 0.15) is 12.6 Å². The van der Waals surface area contributed by atoms with Gasteiger partial charge in [-0.3, -0.25) is 13.9 Å². The molecule has 0 saturated carbocycles. The van der Waals surface area contributed by atoms with Crippen LogP contribution in [0.2, 0.25) is 5.02 Å². The Hall–Kier alpha value is -3.36. The Morgan fingerprint density at radius 2 is 1.46 bits per heavy atom. The van der Waals surface area contributed by atoms with Crippen molar-refractivity contribution < 1.29 is 18.0 Å². The van der Waals surface area contributed by atoms with E-state index in [4.69, 9.17) is 11.6 Å². The van der Waals surface area contributed by atoms with Gasteiger partial charge in [-0.05, 0) is 56.0 Å². The second kappa shape index (κ2) is 14.1. The summed E-state index contributed by atoms with van der Waals surface area (Å²) in [4.78, 5) is 28.8. The van der Waals surface area contributed by atoms with Crippen LogP contribution in [0, 0.1) is 0 Å². The summed E-state index contributed by atoms with van der Waals surface area (Å²) < 4.78 is 28.6. The van der Waals surface area contributed by atoms with Gasteiger partial charge < -0.3 is 10.2 Å². The summed E-state index contributed by atoms with van der Waals surface area (Å²) in [5, 5.41) is 3.18. The number of nitrogens with one attached hydrogen (secondary N) is 1. The first-order valence-electron chi connectivity index (χ1n) is 13.1. The van der Waals surface area contributed by atoms with Gasteiger partial charge in [-0.1, -0.05) is 86.1 Å². The number of amides is 2. The maximum atomic E-state index is 14.0. The van der Waals surface area contributed by atoms with Crippen molar-refractivity contribution in [3.63, 3.8) is 0 Å². The predicted octanol–water partition coefficient (Wildman–Crippen LogP) is 5.30. The lowest BCUT2D eigenvalue weighted by Crippen LogP contribution is -2.54. The van der Waals surface area contributed by atoms with Crippen LogP contribution in [-0.2, 0) is 26.0 Å². The summed E-state index contributed by atoms with van der Waals surface area (Å²) in [6.45, 7) is 5.46. The van der Waals surface area contributed by atoms with Crippen LogP contribution >= 0.6 is 11.6 Å². The number of rotatable bonds is 13. The van der Waals surface area contributed by atoms with E-state index in [9.17, 15) is 18.0 Å². The molecule has 0 radical (unpaired) electrons. The number of sulfonamides is 1. The number of para-hydroxylation sites is 1. The predicted molar refractivity (Wildman–Crippen MR) is 156 cm³/mol. The molecule has 7 nitrogen and oxygen atoms in total. The Kier molecular flexibility index (Phi) is 10.9. The summed E-state index contributed by atoms with van der Waals surface area (Å²) in [5.41, 5.74) is 1.20. The smallest absolute Gasteiger partial charge is 0.264 e. The van der Waals surface area contributed by atoms with Crippen molar-refractivity contribution in [3.05, 3.63) is 95.5 Å². The van der Waals surface area contributed by atoms with Crippen LogP contribution in [0.25, 0.3) is 0 Å². The third-order valence-corrected chi connectivity index (χ3v) is 8.70. The second-order valence-corrected chi connectivity index (χ2v) is 11.6. The standard InChI is InChI=1S/C30H36ClN3O4S/c1-4-23(3)32-30(36)27(5-2)33(21-20-24-14-8-6-9-15-24)29(35)22-34(28-19-13-12-18-26(28)31)39(37,38)25-16-10-7-11-17-25/h6-19,23,27H,4-5,20-22H2,1-3H3,(H,32,36). The zero-order valence-corrected chi connectivity index (χ0v) is 24.2. The van der Waals surface area contributed by atoms with Crippen LogP contribution < -0.4 is 9.62 Å². The molecule has 3 aromatic rings. The Morgan fingerprint density at radius 1 is 0.872 bits per heavy atom. The zero-order chi connectivity index (χ0) is 28.4. The Labute approximate surface area is 236 Å². The summed E-state index contributed by atoms with van der Waals surface area (Å²) >= 11 is 6.44. The largest absolute Gasteiger partial charge is 0.352 e. The van der Waals surface area contributed by atoms with E-state index in [2.05, 4.69) is 5.32 Å². The monoisotopic (exact) mass is 569 g/mol. The lowest BCUT2D eigenvalue weighted by atomic mass is 10.1. The van der Waals surface area contributed by atoms with Gasteiger partial charge >= 0.3 is 0 Å². The molecule has 0 aliphatic rings. The molecule has 0 bridgehead atoms. The average molecular weight is 570 g/mol. The van der Waals surface area contributed by atoms with Crippen molar-refractivity contribution in [3.8, 4) is 0 Å². The fraction of sp³-hybridized carbons (Fsp3) is 0.333. The Morgan fingerprint density at radius 3 is 2.05 bits per heavy atom. The average Bonchev–Trinajstić information content (AvgIpc) is 2.95. The quantitative estimate of drug-likeness (QED) is 0.303. The van der Waals surface area contributed by atoms with Gasteiger partial charge in [0.25, 0.3) is 10.0 Å². The molecule has 1 N–H and O–H groups in total. The number of anilines is 1. The highest BCUT2D eigenvalue weighted by molar-refractivity contribution is 7.92. The SMILES string of the molecule is CCC(C)NC(=O)C(CC)N(CCc1ccccc1)C(=O)CN(c1ccccc1Cl)S(=O)(=O)c1ccccc1. The van der Waals surface area contributed by atoms with Crippen LogP contribution in [0.1, 0.15) is 39.2 Å². The zero-order valence-electron chi connectivity index (χ0n) is 22.6. The minimum absolute atomic E-state index is 0.0371. The molecular weight excluding hydrogens is 534 g/mol. The van der Waals surface area contributed by atoms with Crippen LogP contribution in [0.5, 0.6) is 0 Å². The molecule has 2 amide bonds. The molecule has 39 heavy (non-hydrogen) atoms. The third-order valence-electron chi connectivity index (χ3n) is 6.60. The molecule has 0 aliphatic carbocycles. The molecule has 0 aromatic heterocycles. The van der Waals surface area contributed by atoms with E-state index in [1.54, 1.807) is 42.5 Å². The van der Waals surface area contributed by atoms with Gasteiger partial charge in [-0.15, -0.1) is 0 Å². The Bertz CT molecular complexity index is 1340. The molecule has 3 rings (SSSR count). The summed E-state index contributed by atoms with van der Waals surface area (Å²) in [5.74, 6) is -0.750. The highest BCUT2D eigenvalue weighted by Crippen LogP contribution is 2.30. The normalized spacial score (nSPS) is 12.8. The molecule has 0 saturated heterocycles. The first-order chi connectivity index (χ1) is 18.7. The maximum Gasteiger partial charge on any atom is 0.264 e. The van der Waals surface area contributed by atoms with E-state index in [0.717, 1.165) is 16.3 Å². The molecule has 2 atom stereocenters. The molecule has 208 valence electrons. The van der Waals surface area contributed by atoms with Crippen LogP contribution in [0.3, 0.4) is 0 Å². The fourth-order valence-corrected chi connectivity index (χ4v) is 5.97. The van der Waals surface area contributed by atoms with Crippen molar-refractivity contribution in [2.45, 2.75) is 57.0 Å². The molecule has 0 heterocycles. The van der Waals surface area contributed by atoms with Crippen molar-refractivity contribution in [2.24, 2.45) is 0 Å². The molecule has 9 heteroatoms. The summed E-state index contributed by atoms with van der Waals surface area (Å²) in [6.07, 6.45) is 1.63. The lowest BCUT2D eigenvalue weighted by Gasteiger charge is -2.34. The van der Waals surface area contributed by atoms with E-state index in [-0.39, 0.29) is 34.1 Å². The van der Waals surface area contributed by atoms with Crippen molar-refractivity contribution >= 4 is 39.1 Å². The topological polar surface area (TPSA) is 86.8 Å². The van der Waals surface area contributed by atoms with Crippen molar-refractivity contribution in [1.29, 1.82) is 0 Å². The van der Waals surface area contributed by atoms with Gasteiger partial charge in [-0.25, -0.2) is 8.42 Å². The molecule has 0 aliphatic heterocycles. The van der Waals surface area contributed by atoms with Gasteiger partial charge in [0.2, 0.25) is 11.8 Å². The van der Waals surface area contributed by atoms with Gasteiger partial charge in [0.15, 0.2) is 0 Å². The summed E-state index contributed by atoms with van der Waals surface area (Å²) in [7, 11) is -4.15. The van der Waals surface area contributed by atoms with E-state index in [0.29, 0.717) is 12.8 Å². The van der Waals surface area contributed by atoms with E-state index in [1.165, 1.54) is 17.0 Å². The maximum absolute atomic E-state index is 14.0. The number of carbonyl (C=O) groups excluding carboxylic acids is 2. The highest BCUT2D eigenvalue weighted by Gasteiger charge is 2.34. The number of benzene rings is 3. The molecule has 2 unspecified atom stereocenters.